The van der Waals surface area contributed by atoms with Gasteiger partial charge in [-0.2, -0.15) is 0 Å². The SMILES string of the molecule is CC1=C(C(=O)OCCNC(=O)c2ccccc2O)C(c2cccc([N+](=O)[O-])c2)C(C(=O)OCC2CCCO2)=C(C)N1. The number of hydrogen-bond acceptors (Lipinski definition) is 10. The number of aromatic hydroxyl groups is 1. The summed E-state index contributed by atoms with van der Waals surface area (Å²) in [6.07, 6.45) is 1.41. The zero-order valence-corrected chi connectivity index (χ0v) is 22.7. The molecule has 0 saturated carbocycles. The molecule has 1 amide bonds. The summed E-state index contributed by atoms with van der Waals surface area (Å²) >= 11 is 0. The maximum atomic E-state index is 13.4. The molecule has 0 radical (unpaired) electrons. The number of carbonyl (C=O) groups is 3. The first-order valence-electron chi connectivity index (χ1n) is 13.1. The second-order valence-electron chi connectivity index (χ2n) is 9.63. The second kappa shape index (κ2) is 13.1. The Bertz CT molecular complexity index is 1410. The molecule has 0 bridgehead atoms. The summed E-state index contributed by atoms with van der Waals surface area (Å²) in [5, 5.41) is 27.0. The Labute approximate surface area is 236 Å². The summed E-state index contributed by atoms with van der Waals surface area (Å²) in [7, 11) is 0. The molecule has 2 atom stereocenters. The zero-order chi connectivity index (χ0) is 29.5. The van der Waals surface area contributed by atoms with Crippen LogP contribution in [0, 0.1) is 10.1 Å². The quantitative estimate of drug-likeness (QED) is 0.168. The van der Waals surface area contributed by atoms with E-state index in [1.54, 1.807) is 32.0 Å². The smallest absolute Gasteiger partial charge is 0.336 e. The fourth-order valence-electron chi connectivity index (χ4n) is 4.86. The van der Waals surface area contributed by atoms with Gasteiger partial charge in [0.2, 0.25) is 0 Å². The van der Waals surface area contributed by atoms with Crippen molar-refractivity contribution in [1.82, 2.24) is 10.6 Å². The lowest BCUT2D eigenvalue weighted by molar-refractivity contribution is -0.384. The first-order chi connectivity index (χ1) is 19.7. The van der Waals surface area contributed by atoms with Crippen molar-refractivity contribution in [3.8, 4) is 5.75 Å². The third-order valence-electron chi connectivity index (χ3n) is 6.81. The number of rotatable bonds is 10. The minimum atomic E-state index is -1.02. The Morgan fingerprint density at radius 2 is 1.78 bits per heavy atom. The average Bonchev–Trinajstić information content (AvgIpc) is 3.47. The topological polar surface area (TPSA) is 166 Å². The third-order valence-corrected chi connectivity index (χ3v) is 6.81. The summed E-state index contributed by atoms with van der Waals surface area (Å²) in [6.45, 7) is 3.67. The number of para-hydroxylation sites is 1. The highest BCUT2D eigenvalue weighted by Gasteiger charge is 2.39. The Morgan fingerprint density at radius 1 is 1.07 bits per heavy atom. The molecule has 1 fully saturated rings. The lowest BCUT2D eigenvalue weighted by Gasteiger charge is -2.30. The second-order valence-corrected chi connectivity index (χ2v) is 9.63. The number of non-ortho nitro benzene ring substituents is 1. The summed E-state index contributed by atoms with van der Waals surface area (Å²) in [5.74, 6) is -3.21. The number of phenols is 1. The fraction of sp³-hybridized carbons (Fsp3) is 0.345. The van der Waals surface area contributed by atoms with E-state index in [0.29, 0.717) is 23.6 Å². The van der Waals surface area contributed by atoms with E-state index in [-0.39, 0.29) is 54.0 Å². The van der Waals surface area contributed by atoms with E-state index in [2.05, 4.69) is 10.6 Å². The maximum absolute atomic E-state index is 13.4. The van der Waals surface area contributed by atoms with E-state index in [1.165, 1.54) is 30.3 Å². The molecular weight excluding hydrogens is 534 g/mol. The van der Waals surface area contributed by atoms with Gasteiger partial charge in [-0.3, -0.25) is 14.9 Å². The predicted octanol–water partition coefficient (Wildman–Crippen LogP) is 3.23. The van der Waals surface area contributed by atoms with Crippen LogP contribution < -0.4 is 10.6 Å². The number of benzene rings is 2. The Kier molecular flexibility index (Phi) is 9.35. The normalized spacial score (nSPS) is 18.5. The van der Waals surface area contributed by atoms with E-state index in [1.807, 2.05) is 0 Å². The number of amides is 1. The van der Waals surface area contributed by atoms with Gasteiger partial charge in [0.05, 0.1) is 40.2 Å². The van der Waals surface area contributed by atoms with E-state index < -0.39 is 28.7 Å². The van der Waals surface area contributed by atoms with Crippen molar-refractivity contribution in [3.05, 3.63) is 92.3 Å². The number of phenolic OH excluding ortho intramolecular Hbond substituents is 1. The zero-order valence-electron chi connectivity index (χ0n) is 22.7. The molecule has 2 aromatic carbocycles. The third kappa shape index (κ3) is 6.90. The Balaban J connectivity index is 1.54. The van der Waals surface area contributed by atoms with Gasteiger partial charge < -0.3 is 30.0 Å². The monoisotopic (exact) mass is 565 g/mol. The van der Waals surface area contributed by atoms with E-state index in [4.69, 9.17) is 14.2 Å². The van der Waals surface area contributed by atoms with Crippen LogP contribution in [0.4, 0.5) is 5.69 Å². The van der Waals surface area contributed by atoms with Crippen LogP contribution in [0.5, 0.6) is 5.75 Å². The lowest BCUT2D eigenvalue weighted by Crippen LogP contribution is -2.34. The van der Waals surface area contributed by atoms with E-state index in [0.717, 1.165) is 12.8 Å². The van der Waals surface area contributed by atoms with Crippen molar-refractivity contribution in [2.75, 3.05) is 26.4 Å². The minimum Gasteiger partial charge on any atom is -0.507 e. The molecule has 4 rings (SSSR count). The molecule has 2 unspecified atom stereocenters. The maximum Gasteiger partial charge on any atom is 0.336 e. The summed E-state index contributed by atoms with van der Waals surface area (Å²) in [4.78, 5) is 50.1. The molecule has 2 aliphatic heterocycles. The van der Waals surface area contributed by atoms with Gasteiger partial charge in [-0.1, -0.05) is 24.3 Å². The van der Waals surface area contributed by atoms with Gasteiger partial charge in [-0.25, -0.2) is 9.59 Å². The molecule has 2 aromatic rings. The number of nitrogens with one attached hydrogen (secondary N) is 2. The van der Waals surface area contributed by atoms with E-state index in [9.17, 15) is 29.6 Å². The first kappa shape index (κ1) is 29.3. The summed E-state index contributed by atoms with van der Waals surface area (Å²) in [6, 6.07) is 11.7. The van der Waals surface area contributed by atoms with Crippen LogP contribution in [-0.2, 0) is 23.8 Å². The number of nitrogens with zero attached hydrogens (tertiary/aromatic N) is 1. The first-order valence-corrected chi connectivity index (χ1v) is 13.1. The number of carbonyl (C=O) groups excluding carboxylic acids is 3. The Hall–Kier alpha value is -4.71. The Morgan fingerprint density at radius 3 is 2.44 bits per heavy atom. The molecule has 0 aliphatic carbocycles. The number of allylic oxidation sites excluding steroid dienone is 2. The molecule has 41 heavy (non-hydrogen) atoms. The van der Waals surface area contributed by atoms with Crippen molar-refractivity contribution in [3.63, 3.8) is 0 Å². The average molecular weight is 566 g/mol. The molecule has 12 heteroatoms. The number of esters is 2. The molecule has 1 saturated heterocycles. The highest BCUT2D eigenvalue weighted by Crippen LogP contribution is 2.40. The highest BCUT2D eigenvalue weighted by atomic mass is 16.6. The van der Waals surface area contributed by atoms with E-state index >= 15 is 0 Å². The molecule has 0 spiro atoms. The number of nitro benzene ring substituents is 1. The summed E-state index contributed by atoms with van der Waals surface area (Å²) in [5.41, 5.74) is 1.24. The van der Waals surface area contributed by atoms with Crippen LogP contribution >= 0.6 is 0 Å². The van der Waals surface area contributed by atoms with Crippen molar-refractivity contribution in [2.24, 2.45) is 0 Å². The molecule has 2 aliphatic rings. The van der Waals surface area contributed by atoms with Crippen molar-refractivity contribution < 1.29 is 38.6 Å². The van der Waals surface area contributed by atoms with Gasteiger partial charge in [-0.05, 0) is 44.4 Å². The van der Waals surface area contributed by atoms with Crippen LogP contribution in [0.2, 0.25) is 0 Å². The number of ether oxygens (including phenoxy) is 3. The van der Waals surface area contributed by atoms with Gasteiger partial charge in [0.25, 0.3) is 11.6 Å². The predicted molar refractivity (Wildman–Crippen MR) is 146 cm³/mol. The van der Waals surface area contributed by atoms with Gasteiger partial charge in [0, 0.05) is 30.1 Å². The van der Waals surface area contributed by atoms with Crippen LogP contribution in [0.1, 0.15) is 48.5 Å². The standard InChI is InChI=1S/C29H31N3O9/c1-17-24(28(35)40-14-12-30-27(34)22-10-3-4-11-23(22)33)26(19-7-5-8-20(15-19)32(37)38)25(18(2)31-17)29(36)41-16-21-9-6-13-39-21/h3-5,7-8,10-11,15,21,26,31,33H,6,9,12-14,16H2,1-2H3,(H,30,34). The molecular formula is C29H31N3O9. The van der Waals surface area contributed by atoms with Crippen LogP contribution in [-0.4, -0.2) is 60.3 Å². The van der Waals surface area contributed by atoms with Crippen LogP contribution in [0.25, 0.3) is 0 Å². The van der Waals surface area contributed by atoms with Crippen molar-refractivity contribution in [2.45, 2.75) is 38.7 Å². The summed E-state index contributed by atoms with van der Waals surface area (Å²) < 4.78 is 16.6. The molecule has 0 aromatic heterocycles. The number of dihydropyridines is 1. The van der Waals surface area contributed by atoms with Gasteiger partial charge in [0.1, 0.15) is 19.0 Å². The minimum absolute atomic E-state index is 0.0381. The van der Waals surface area contributed by atoms with Gasteiger partial charge in [-0.15, -0.1) is 0 Å². The fourth-order valence-corrected chi connectivity index (χ4v) is 4.86. The largest absolute Gasteiger partial charge is 0.507 e. The highest BCUT2D eigenvalue weighted by molar-refractivity contribution is 6.00. The van der Waals surface area contributed by atoms with Crippen molar-refractivity contribution >= 4 is 23.5 Å². The molecule has 3 N–H and O–H groups in total. The lowest BCUT2D eigenvalue weighted by atomic mass is 9.80. The number of nitro groups is 1. The van der Waals surface area contributed by atoms with Crippen molar-refractivity contribution in [1.29, 1.82) is 0 Å². The van der Waals surface area contributed by atoms with Gasteiger partial charge >= 0.3 is 11.9 Å². The molecule has 12 nitrogen and oxygen atoms in total. The molecule has 216 valence electrons. The number of hydrogen-bond donors (Lipinski definition) is 3. The van der Waals surface area contributed by atoms with Crippen LogP contribution in [0.15, 0.2) is 71.1 Å². The van der Waals surface area contributed by atoms with Crippen LogP contribution in [0.3, 0.4) is 0 Å². The molecule has 2 heterocycles. The van der Waals surface area contributed by atoms with Gasteiger partial charge in [0.15, 0.2) is 0 Å².